The quantitative estimate of drug-likeness (QED) is 0.871. The highest BCUT2D eigenvalue weighted by Crippen LogP contribution is 2.27. The molecular weight excluding hydrogens is 304 g/mol. The number of nitrogens with one attached hydrogen (secondary N) is 1. The first kappa shape index (κ1) is 16.1. The fourth-order valence-corrected chi connectivity index (χ4v) is 2.76. The molecule has 1 aliphatic rings. The first-order valence-corrected chi connectivity index (χ1v) is 8.06. The highest BCUT2D eigenvalue weighted by molar-refractivity contribution is 6.02. The number of carbonyl (C=O) groups excluding carboxylic acids is 2. The van der Waals surface area contributed by atoms with E-state index in [1.54, 1.807) is 24.7 Å². The van der Waals surface area contributed by atoms with E-state index in [9.17, 15) is 9.59 Å². The lowest BCUT2D eigenvalue weighted by molar-refractivity contribution is -0.119. The molecule has 0 atom stereocenters. The molecule has 1 saturated heterocycles. The van der Waals surface area contributed by atoms with Crippen LogP contribution in [0.3, 0.4) is 0 Å². The zero-order valence-electron chi connectivity index (χ0n) is 13.6. The Balaban J connectivity index is 1.73. The van der Waals surface area contributed by atoms with Gasteiger partial charge in [-0.2, -0.15) is 0 Å². The summed E-state index contributed by atoms with van der Waals surface area (Å²) in [5, 5.41) is 2.83. The molecule has 1 aromatic heterocycles. The van der Waals surface area contributed by atoms with E-state index in [0.29, 0.717) is 12.1 Å². The van der Waals surface area contributed by atoms with E-state index in [4.69, 9.17) is 4.42 Å². The number of aryl methyl sites for hydroxylation is 1. The van der Waals surface area contributed by atoms with Gasteiger partial charge in [0.25, 0.3) is 0 Å². The summed E-state index contributed by atoms with van der Waals surface area (Å²) in [6, 6.07) is 7.40. The molecule has 3 rings (SSSR count). The van der Waals surface area contributed by atoms with Gasteiger partial charge in [0, 0.05) is 36.0 Å². The summed E-state index contributed by atoms with van der Waals surface area (Å²) in [6.07, 6.45) is 8.80. The van der Waals surface area contributed by atoms with Crippen molar-refractivity contribution >= 4 is 29.3 Å². The predicted octanol–water partition coefficient (Wildman–Crippen LogP) is 3.76. The normalized spacial score (nSPS) is 15.0. The van der Waals surface area contributed by atoms with Gasteiger partial charge in [-0.05, 0) is 49.6 Å². The second kappa shape index (κ2) is 7.17. The predicted molar refractivity (Wildman–Crippen MR) is 93.8 cm³/mol. The van der Waals surface area contributed by atoms with Crippen LogP contribution in [0.2, 0.25) is 0 Å². The number of anilines is 2. The number of hydrogen-bond acceptors (Lipinski definition) is 3. The molecule has 1 fully saturated rings. The molecule has 2 heterocycles. The first-order valence-electron chi connectivity index (χ1n) is 8.06. The Hall–Kier alpha value is -2.82. The minimum absolute atomic E-state index is 0.146. The third-order valence-electron chi connectivity index (χ3n) is 4.06. The van der Waals surface area contributed by atoms with Crippen LogP contribution in [0.5, 0.6) is 0 Å². The molecule has 1 N–H and O–H groups in total. The van der Waals surface area contributed by atoms with Crippen LogP contribution in [0.4, 0.5) is 11.4 Å². The summed E-state index contributed by atoms with van der Waals surface area (Å²) in [7, 11) is 0. The van der Waals surface area contributed by atoms with Crippen molar-refractivity contribution in [3.63, 3.8) is 0 Å². The van der Waals surface area contributed by atoms with Gasteiger partial charge in [0.05, 0.1) is 12.5 Å². The van der Waals surface area contributed by atoms with E-state index in [1.807, 2.05) is 30.0 Å². The molecule has 124 valence electrons. The van der Waals surface area contributed by atoms with Crippen molar-refractivity contribution in [2.24, 2.45) is 0 Å². The molecule has 1 aromatic carbocycles. The van der Waals surface area contributed by atoms with Crippen molar-refractivity contribution in [1.29, 1.82) is 0 Å². The number of piperidine rings is 1. The molecule has 1 aliphatic heterocycles. The number of amides is 2. The highest BCUT2D eigenvalue weighted by atomic mass is 16.3. The Bertz CT molecular complexity index is 763. The van der Waals surface area contributed by atoms with Crippen LogP contribution in [0.1, 0.15) is 30.4 Å². The molecule has 0 unspecified atom stereocenters. The monoisotopic (exact) mass is 324 g/mol. The molecule has 5 nitrogen and oxygen atoms in total. The van der Waals surface area contributed by atoms with E-state index in [2.05, 4.69) is 5.32 Å². The third-order valence-corrected chi connectivity index (χ3v) is 4.06. The van der Waals surface area contributed by atoms with Crippen LogP contribution in [0.15, 0.2) is 47.3 Å². The van der Waals surface area contributed by atoms with Gasteiger partial charge in [-0.25, -0.2) is 0 Å². The van der Waals surface area contributed by atoms with Crippen LogP contribution in [-0.4, -0.2) is 18.4 Å². The van der Waals surface area contributed by atoms with Gasteiger partial charge in [0.1, 0.15) is 0 Å². The molecule has 5 heteroatoms. The molecule has 0 bridgehead atoms. The van der Waals surface area contributed by atoms with Crippen molar-refractivity contribution in [2.75, 3.05) is 16.8 Å². The molecule has 0 spiro atoms. The molecule has 0 saturated carbocycles. The smallest absolute Gasteiger partial charge is 0.248 e. The summed E-state index contributed by atoms with van der Waals surface area (Å²) in [5.74, 6) is -0.0800. The second-order valence-electron chi connectivity index (χ2n) is 5.88. The molecular formula is C19H20N2O3. The summed E-state index contributed by atoms with van der Waals surface area (Å²) < 4.78 is 4.95. The summed E-state index contributed by atoms with van der Waals surface area (Å²) >= 11 is 0. The van der Waals surface area contributed by atoms with E-state index in [1.165, 1.54) is 6.08 Å². The fraction of sp³-hybridized carbons (Fsp3) is 0.263. The lowest BCUT2D eigenvalue weighted by Gasteiger charge is -2.28. The van der Waals surface area contributed by atoms with Crippen LogP contribution in [-0.2, 0) is 9.59 Å². The Labute approximate surface area is 141 Å². The average molecular weight is 324 g/mol. The molecule has 0 radical (unpaired) electrons. The van der Waals surface area contributed by atoms with E-state index >= 15 is 0 Å². The lowest BCUT2D eigenvalue weighted by atomic mass is 10.1. The number of benzene rings is 1. The molecule has 24 heavy (non-hydrogen) atoms. The minimum Gasteiger partial charge on any atom is -0.472 e. The van der Waals surface area contributed by atoms with Gasteiger partial charge >= 0.3 is 0 Å². The maximum absolute atomic E-state index is 12.1. The highest BCUT2D eigenvalue weighted by Gasteiger charge is 2.21. The van der Waals surface area contributed by atoms with E-state index in [0.717, 1.165) is 36.2 Å². The van der Waals surface area contributed by atoms with Crippen molar-refractivity contribution in [3.8, 4) is 0 Å². The summed E-state index contributed by atoms with van der Waals surface area (Å²) in [4.78, 5) is 26.0. The van der Waals surface area contributed by atoms with Crippen molar-refractivity contribution in [2.45, 2.75) is 26.2 Å². The topological polar surface area (TPSA) is 62.6 Å². The van der Waals surface area contributed by atoms with Gasteiger partial charge in [-0.3, -0.25) is 9.59 Å². The van der Waals surface area contributed by atoms with Crippen LogP contribution in [0.25, 0.3) is 6.08 Å². The van der Waals surface area contributed by atoms with Crippen LogP contribution >= 0.6 is 0 Å². The average Bonchev–Trinajstić information content (AvgIpc) is 3.09. The van der Waals surface area contributed by atoms with E-state index in [-0.39, 0.29) is 11.8 Å². The Kier molecular flexibility index (Phi) is 4.79. The molecule has 2 amide bonds. The number of rotatable bonds is 4. The standard InChI is InChI=1S/C19H20N2O3/c1-14-5-7-16(12-17(14)21-10-3-2-4-19(21)23)20-18(22)8-6-15-9-11-24-13-15/h5-9,11-13H,2-4,10H2,1H3,(H,20,22)/b8-6+. The van der Waals surface area contributed by atoms with E-state index < -0.39 is 0 Å². The van der Waals surface area contributed by atoms with Crippen molar-refractivity contribution in [3.05, 3.63) is 54.0 Å². The van der Waals surface area contributed by atoms with Gasteiger partial charge < -0.3 is 14.6 Å². The fourth-order valence-electron chi connectivity index (χ4n) is 2.76. The number of nitrogens with zero attached hydrogens (tertiary/aromatic N) is 1. The minimum atomic E-state index is -0.226. The largest absolute Gasteiger partial charge is 0.472 e. The van der Waals surface area contributed by atoms with Gasteiger partial charge in [-0.15, -0.1) is 0 Å². The maximum atomic E-state index is 12.1. The van der Waals surface area contributed by atoms with Crippen LogP contribution in [0, 0.1) is 6.92 Å². The second-order valence-corrected chi connectivity index (χ2v) is 5.88. The first-order chi connectivity index (χ1) is 11.6. The maximum Gasteiger partial charge on any atom is 0.248 e. The van der Waals surface area contributed by atoms with Crippen LogP contribution < -0.4 is 10.2 Å². The van der Waals surface area contributed by atoms with Gasteiger partial charge in [0.15, 0.2) is 0 Å². The summed E-state index contributed by atoms with van der Waals surface area (Å²) in [5.41, 5.74) is 3.40. The third kappa shape index (κ3) is 3.74. The zero-order valence-corrected chi connectivity index (χ0v) is 13.6. The van der Waals surface area contributed by atoms with Gasteiger partial charge in [0.2, 0.25) is 11.8 Å². The Morgan fingerprint density at radius 3 is 2.92 bits per heavy atom. The van der Waals surface area contributed by atoms with Gasteiger partial charge in [-0.1, -0.05) is 6.07 Å². The number of furan rings is 1. The molecule has 2 aromatic rings. The lowest BCUT2D eigenvalue weighted by Crippen LogP contribution is -2.35. The summed E-state index contributed by atoms with van der Waals surface area (Å²) in [6.45, 7) is 2.71. The number of carbonyl (C=O) groups is 2. The number of hydrogen-bond donors (Lipinski definition) is 1. The Morgan fingerprint density at radius 2 is 2.17 bits per heavy atom. The zero-order chi connectivity index (χ0) is 16.9. The Morgan fingerprint density at radius 1 is 1.29 bits per heavy atom. The van der Waals surface area contributed by atoms with Crippen molar-refractivity contribution < 1.29 is 14.0 Å². The van der Waals surface area contributed by atoms with Crippen molar-refractivity contribution in [1.82, 2.24) is 0 Å². The molecule has 0 aliphatic carbocycles. The SMILES string of the molecule is Cc1ccc(NC(=O)/C=C/c2ccoc2)cc1N1CCCCC1=O.